The van der Waals surface area contributed by atoms with Crippen LogP contribution in [0.3, 0.4) is 0 Å². The molecular formula is C15H16N2O4S2. The van der Waals surface area contributed by atoms with E-state index in [9.17, 15) is 18.5 Å². The summed E-state index contributed by atoms with van der Waals surface area (Å²) >= 11 is 1.53. The minimum absolute atomic E-state index is 0.0233. The highest BCUT2D eigenvalue weighted by Gasteiger charge is 2.38. The van der Waals surface area contributed by atoms with Crippen LogP contribution in [0.2, 0.25) is 0 Å². The molecule has 8 heteroatoms. The maximum absolute atomic E-state index is 13.0. The maximum atomic E-state index is 13.0. The Bertz CT molecular complexity index is 831. The molecule has 0 amide bonds. The highest BCUT2D eigenvalue weighted by molar-refractivity contribution is 7.89. The van der Waals surface area contributed by atoms with Crippen LogP contribution in [0.5, 0.6) is 0 Å². The van der Waals surface area contributed by atoms with Crippen LogP contribution in [0.25, 0.3) is 0 Å². The number of hydrogen-bond donors (Lipinski definition) is 0. The first kappa shape index (κ1) is 16.1. The van der Waals surface area contributed by atoms with Gasteiger partial charge in [0.2, 0.25) is 10.0 Å². The third-order valence-corrected chi connectivity index (χ3v) is 7.14. The van der Waals surface area contributed by atoms with Gasteiger partial charge in [-0.15, -0.1) is 11.3 Å². The lowest BCUT2D eigenvalue weighted by Gasteiger charge is -2.24. The van der Waals surface area contributed by atoms with Crippen LogP contribution in [0, 0.1) is 17.0 Å². The number of rotatable bonds is 4. The maximum Gasteiger partial charge on any atom is 0.273 e. The Morgan fingerprint density at radius 1 is 1.30 bits per heavy atom. The molecule has 3 rings (SSSR count). The van der Waals surface area contributed by atoms with Crippen LogP contribution < -0.4 is 0 Å². The van der Waals surface area contributed by atoms with E-state index in [-0.39, 0.29) is 22.2 Å². The largest absolute Gasteiger partial charge is 0.273 e. The molecule has 23 heavy (non-hydrogen) atoms. The summed E-state index contributed by atoms with van der Waals surface area (Å²) in [5, 5.41) is 13.0. The minimum atomic E-state index is -3.77. The summed E-state index contributed by atoms with van der Waals surface area (Å²) < 4.78 is 27.6. The summed E-state index contributed by atoms with van der Waals surface area (Å²) in [6.07, 6.45) is 1.56. The van der Waals surface area contributed by atoms with Crippen molar-refractivity contribution in [1.29, 1.82) is 0 Å². The second-order valence-corrected chi connectivity index (χ2v) is 8.28. The van der Waals surface area contributed by atoms with Gasteiger partial charge in [0.15, 0.2) is 0 Å². The first-order valence-electron chi connectivity index (χ1n) is 7.22. The molecule has 0 radical (unpaired) electrons. The van der Waals surface area contributed by atoms with E-state index in [1.807, 2.05) is 17.5 Å². The third kappa shape index (κ3) is 2.77. The van der Waals surface area contributed by atoms with Crippen molar-refractivity contribution in [2.45, 2.75) is 30.7 Å². The van der Waals surface area contributed by atoms with E-state index < -0.39 is 14.9 Å². The lowest BCUT2D eigenvalue weighted by molar-refractivity contribution is -0.385. The fraction of sp³-hybridized carbons (Fsp3) is 0.333. The van der Waals surface area contributed by atoms with Crippen molar-refractivity contribution in [2.75, 3.05) is 6.54 Å². The highest BCUT2D eigenvalue weighted by Crippen LogP contribution is 2.39. The van der Waals surface area contributed by atoms with Crippen LogP contribution in [0.1, 0.15) is 29.3 Å². The molecule has 0 N–H and O–H groups in total. The molecule has 0 spiro atoms. The van der Waals surface area contributed by atoms with Gasteiger partial charge in [0, 0.05) is 23.1 Å². The van der Waals surface area contributed by atoms with E-state index >= 15 is 0 Å². The summed E-state index contributed by atoms with van der Waals surface area (Å²) in [5.74, 6) is 0. The predicted octanol–water partition coefficient (Wildman–Crippen LogP) is 3.49. The van der Waals surface area contributed by atoms with Crippen molar-refractivity contribution in [1.82, 2.24) is 4.31 Å². The average molecular weight is 352 g/mol. The number of nitro benzene ring substituents is 1. The SMILES string of the molecule is Cc1c([N+](=O)[O-])cccc1S(=O)(=O)N1CCCC1c1cccs1. The summed E-state index contributed by atoms with van der Waals surface area (Å²) in [7, 11) is -3.77. The predicted molar refractivity (Wildman–Crippen MR) is 88.0 cm³/mol. The monoisotopic (exact) mass is 352 g/mol. The van der Waals surface area contributed by atoms with E-state index in [4.69, 9.17) is 0 Å². The zero-order valence-electron chi connectivity index (χ0n) is 12.5. The van der Waals surface area contributed by atoms with Crippen LogP contribution >= 0.6 is 11.3 Å². The highest BCUT2D eigenvalue weighted by atomic mass is 32.2. The van der Waals surface area contributed by atoms with E-state index in [2.05, 4.69) is 0 Å². The Kier molecular flexibility index (Phi) is 4.22. The van der Waals surface area contributed by atoms with Gasteiger partial charge in [-0.1, -0.05) is 12.1 Å². The second kappa shape index (κ2) is 6.03. The Morgan fingerprint density at radius 2 is 2.09 bits per heavy atom. The summed E-state index contributed by atoms with van der Waals surface area (Å²) in [5.41, 5.74) is 0.0206. The first-order chi connectivity index (χ1) is 10.9. The van der Waals surface area contributed by atoms with Gasteiger partial charge in [0.05, 0.1) is 15.9 Å². The van der Waals surface area contributed by atoms with Gasteiger partial charge in [-0.25, -0.2) is 8.42 Å². The second-order valence-electron chi connectivity index (χ2n) is 5.45. The number of sulfonamides is 1. The fourth-order valence-electron chi connectivity index (χ4n) is 3.00. The topological polar surface area (TPSA) is 80.5 Å². The molecule has 2 aromatic rings. The molecule has 1 aromatic heterocycles. The standard InChI is InChI=1S/C15H16N2O4S2/c1-11-12(17(18)19)5-2-8-15(11)23(20,21)16-9-3-6-13(16)14-7-4-10-22-14/h2,4-5,7-8,10,13H,3,6,9H2,1H3. The quantitative estimate of drug-likeness (QED) is 0.623. The summed E-state index contributed by atoms with van der Waals surface area (Å²) in [6.45, 7) is 1.92. The minimum Gasteiger partial charge on any atom is -0.258 e. The van der Waals surface area contributed by atoms with E-state index in [1.165, 1.54) is 40.8 Å². The zero-order valence-corrected chi connectivity index (χ0v) is 14.1. The van der Waals surface area contributed by atoms with Crippen LogP contribution in [-0.4, -0.2) is 24.2 Å². The van der Waals surface area contributed by atoms with Gasteiger partial charge >= 0.3 is 0 Å². The van der Waals surface area contributed by atoms with Crippen LogP contribution in [0.4, 0.5) is 5.69 Å². The molecule has 6 nitrogen and oxygen atoms in total. The van der Waals surface area contributed by atoms with Gasteiger partial charge in [-0.05, 0) is 37.3 Å². The Balaban J connectivity index is 2.05. The Morgan fingerprint density at radius 3 is 2.74 bits per heavy atom. The normalized spacial score (nSPS) is 19.1. The zero-order chi connectivity index (χ0) is 16.6. The molecule has 1 aromatic carbocycles. The Hall–Kier alpha value is -1.77. The fourth-order valence-corrected chi connectivity index (χ4v) is 5.86. The van der Waals surface area contributed by atoms with Crippen molar-refractivity contribution in [2.24, 2.45) is 0 Å². The van der Waals surface area contributed by atoms with Crippen molar-refractivity contribution < 1.29 is 13.3 Å². The van der Waals surface area contributed by atoms with Gasteiger partial charge in [0.25, 0.3) is 5.69 Å². The average Bonchev–Trinajstić information content (AvgIpc) is 3.17. The van der Waals surface area contributed by atoms with Crippen LogP contribution in [0.15, 0.2) is 40.6 Å². The Labute approximate surface area is 138 Å². The molecule has 1 atom stereocenters. The molecule has 1 unspecified atom stereocenters. The number of benzene rings is 1. The lowest BCUT2D eigenvalue weighted by Crippen LogP contribution is -2.30. The van der Waals surface area contributed by atoms with E-state index in [0.717, 1.165) is 17.7 Å². The smallest absolute Gasteiger partial charge is 0.258 e. The number of thiophene rings is 1. The summed E-state index contributed by atoms with van der Waals surface area (Å²) in [6, 6.07) is 7.86. The lowest BCUT2D eigenvalue weighted by atomic mass is 10.2. The molecule has 0 aliphatic carbocycles. The molecule has 2 heterocycles. The molecule has 0 saturated carbocycles. The van der Waals surface area contributed by atoms with E-state index in [0.29, 0.717) is 6.54 Å². The van der Waals surface area contributed by atoms with Crippen molar-refractivity contribution in [3.63, 3.8) is 0 Å². The van der Waals surface area contributed by atoms with Gasteiger partial charge < -0.3 is 0 Å². The molecular weight excluding hydrogens is 336 g/mol. The number of hydrogen-bond acceptors (Lipinski definition) is 5. The van der Waals surface area contributed by atoms with Gasteiger partial charge in [-0.3, -0.25) is 10.1 Å². The molecule has 0 bridgehead atoms. The molecule has 1 fully saturated rings. The first-order valence-corrected chi connectivity index (χ1v) is 9.54. The number of nitro groups is 1. The van der Waals surface area contributed by atoms with Gasteiger partial charge in [0.1, 0.15) is 0 Å². The van der Waals surface area contributed by atoms with E-state index in [1.54, 1.807) is 0 Å². The van der Waals surface area contributed by atoms with Crippen molar-refractivity contribution >= 4 is 27.0 Å². The molecule has 1 aliphatic heterocycles. The van der Waals surface area contributed by atoms with Gasteiger partial charge in [-0.2, -0.15) is 4.31 Å². The van der Waals surface area contributed by atoms with Crippen molar-refractivity contribution in [3.8, 4) is 0 Å². The number of nitrogens with zero attached hydrogens (tertiary/aromatic N) is 2. The van der Waals surface area contributed by atoms with Crippen molar-refractivity contribution in [3.05, 3.63) is 56.3 Å². The molecule has 1 aliphatic rings. The molecule has 122 valence electrons. The third-order valence-electron chi connectivity index (χ3n) is 4.11. The van der Waals surface area contributed by atoms with Crippen LogP contribution in [-0.2, 0) is 10.0 Å². The summed E-state index contributed by atoms with van der Waals surface area (Å²) in [4.78, 5) is 11.6. The molecule has 1 saturated heterocycles.